The maximum Gasteiger partial charge on any atom is 0.133 e. The molecular weight excluding hydrogens is 258 g/mol. The molecular formula is C10H10BrN3O. The molecule has 0 heterocycles. The summed E-state index contributed by atoms with van der Waals surface area (Å²) in [5, 5.41) is 3.44. The van der Waals surface area contributed by atoms with Gasteiger partial charge in [-0.3, -0.25) is 0 Å². The Hall–Kier alpha value is -1.45. The highest BCUT2D eigenvalue weighted by Gasteiger charge is 2.03. The number of hydrogen-bond donors (Lipinski definition) is 0. The number of rotatable bonds is 4. The summed E-state index contributed by atoms with van der Waals surface area (Å²) in [5.74, 6) is 0.759. The van der Waals surface area contributed by atoms with Crippen LogP contribution in [0.2, 0.25) is 0 Å². The molecule has 0 radical (unpaired) electrons. The van der Waals surface area contributed by atoms with Gasteiger partial charge in [0.1, 0.15) is 5.75 Å². The zero-order chi connectivity index (χ0) is 11.3. The first kappa shape index (κ1) is 11.6. The van der Waals surface area contributed by atoms with Crippen LogP contribution < -0.4 is 4.74 Å². The predicted molar refractivity (Wildman–Crippen MR) is 63.5 cm³/mol. The number of ether oxygens (including phenoxy) is 1. The standard InChI is InChI=1S/C10H10BrN3O/c1-3-15-10-5-4-8(6-9(10)11)7(2)13-14-12/h4-6H,2-3H2,1H3. The van der Waals surface area contributed by atoms with Gasteiger partial charge in [0.05, 0.1) is 11.1 Å². The third-order valence-corrected chi connectivity index (χ3v) is 2.35. The molecule has 1 aromatic rings. The molecule has 0 aromatic heterocycles. The summed E-state index contributed by atoms with van der Waals surface area (Å²) in [6.45, 7) is 6.17. The fourth-order valence-electron chi connectivity index (χ4n) is 1.06. The molecule has 15 heavy (non-hydrogen) atoms. The highest BCUT2D eigenvalue weighted by Crippen LogP contribution is 2.28. The molecule has 0 N–H and O–H groups in total. The van der Waals surface area contributed by atoms with E-state index in [2.05, 4.69) is 32.5 Å². The maximum absolute atomic E-state index is 8.27. The molecule has 4 nitrogen and oxygen atoms in total. The molecule has 0 atom stereocenters. The molecule has 0 unspecified atom stereocenters. The van der Waals surface area contributed by atoms with E-state index >= 15 is 0 Å². The van der Waals surface area contributed by atoms with Crippen molar-refractivity contribution < 1.29 is 4.74 Å². The predicted octanol–water partition coefficient (Wildman–Crippen LogP) is 4.13. The van der Waals surface area contributed by atoms with Crippen molar-refractivity contribution >= 4 is 21.6 Å². The van der Waals surface area contributed by atoms with E-state index in [0.29, 0.717) is 12.3 Å². The van der Waals surface area contributed by atoms with Gasteiger partial charge in [-0.25, -0.2) is 0 Å². The van der Waals surface area contributed by atoms with Gasteiger partial charge in [0.2, 0.25) is 0 Å². The van der Waals surface area contributed by atoms with Gasteiger partial charge in [0.25, 0.3) is 0 Å². The summed E-state index contributed by atoms with van der Waals surface area (Å²) in [7, 11) is 0. The molecule has 0 aliphatic carbocycles. The topological polar surface area (TPSA) is 58.0 Å². The molecule has 0 spiro atoms. The Balaban J connectivity index is 3.00. The number of benzene rings is 1. The minimum atomic E-state index is 0.390. The van der Waals surface area contributed by atoms with Crippen LogP contribution >= 0.6 is 15.9 Å². The van der Waals surface area contributed by atoms with E-state index < -0.39 is 0 Å². The van der Waals surface area contributed by atoms with Crippen molar-refractivity contribution in [2.24, 2.45) is 5.11 Å². The van der Waals surface area contributed by atoms with Crippen molar-refractivity contribution in [1.82, 2.24) is 0 Å². The molecule has 5 heteroatoms. The number of hydrogen-bond acceptors (Lipinski definition) is 2. The zero-order valence-corrected chi connectivity index (χ0v) is 9.86. The average Bonchev–Trinajstić information content (AvgIpc) is 2.21. The summed E-state index contributed by atoms with van der Waals surface area (Å²) in [6.07, 6.45) is 0. The van der Waals surface area contributed by atoms with Gasteiger partial charge in [0.15, 0.2) is 0 Å². The first-order chi connectivity index (χ1) is 7.19. The molecule has 0 bridgehead atoms. The van der Waals surface area contributed by atoms with Crippen molar-refractivity contribution in [2.45, 2.75) is 6.92 Å². The van der Waals surface area contributed by atoms with Gasteiger partial charge >= 0.3 is 0 Å². The lowest BCUT2D eigenvalue weighted by atomic mass is 10.2. The third kappa shape index (κ3) is 3.01. The number of halogens is 1. The quantitative estimate of drug-likeness (QED) is 0.460. The van der Waals surface area contributed by atoms with E-state index in [1.807, 2.05) is 13.0 Å². The van der Waals surface area contributed by atoms with Crippen molar-refractivity contribution in [3.63, 3.8) is 0 Å². The minimum absolute atomic E-state index is 0.390. The van der Waals surface area contributed by atoms with Crippen LogP contribution in [0.25, 0.3) is 16.1 Å². The average molecular weight is 268 g/mol. The summed E-state index contributed by atoms with van der Waals surface area (Å²) < 4.78 is 6.17. The second kappa shape index (κ2) is 5.44. The highest BCUT2D eigenvalue weighted by molar-refractivity contribution is 9.10. The fourth-order valence-corrected chi connectivity index (χ4v) is 1.56. The van der Waals surface area contributed by atoms with Gasteiger partial charge in [-0.2, -0.15) is 0 Å². The van der Waals surface area contributed by atoms with E-state index in [0.717, 1.165) is 15.8 Å². The Bertz CT molecular complexity index is 425. The maximum atomic E-state index is 8.27. The first-order valence-corrected chi connectivity index (χ1v) is 5.15. The highest BCUT2D eigenvalue weighted by atomic mass is 79.9. The molecule has 0 amide bonds. The number of nitrogens with zero attached hydrogens (tertiary/aromatic N) is 3. The second-order valence-corrected chi connectivity index (χ2v) is 3.57. The number of azide groups is 1. The molecule has 1 aromatic carbocycles. The smallest absolute Gasteiger partial charge is 0.133 e. The van der Waals surface area contributed by atoms with Crippen LogP contribution in [0.15, 0.2) is 34.4 Å². The SMILES string of the molecule is C=C(N=[N+]=[N-])c1ccc(OCC)c(Br)c1. The molecule has 0 saturated heterocycles. The third-order valence-electron chi connectivity index (χ3n) is 1.73. The van der Waals surface area contributed by atoms with Gasteiger partial charge in [0, 0.05) is 10.6 Å². The largest absolute Gasteiger partial charge is 0.493 e. The van der Waals surface area contributed by atoms with Crippen LogP contribution in [0.3, 0.4) is 0 Å². The second-order valence-electron chi connectivity index (χ2n) is 2.71. The molecule has 0 aliphatic rings. The van der Waals surface area contributed by atoms with Crippen LogP contribution in [0, 0.1) is 0 Å². The molecule has 1 rings (SSSR count). The first-order valence-electron chi connectivity index (χ1n) is 4.35. The Kier molecular flexibility index (Phi) is 4.21. The zero-order valence-electron chi connectivity index (χ0n) is 8.27. The Morgan fingerprint density at radius 2 is 2.40 bits per heavy atom. The summed E-state index contributed by atoms with van der Waals surface area (Å²) >= 11 is 3.37. The van der Waals surface area contributed by atoms with Crippen LogP contribution in [-0.4, -0.2) is 6.61 Å². The molecule has 0 aliphatic heterocycles. The fraction of sp³-hybridized carbons (Fsp3) is 0.200. The van der Waals surface area contributed by atoms with E-state index in [1.165, 1.54) is 0 Å². The monoisotopic (exact) mass is 267 g/mol. The summed E-state index contributed by atoms with van der Waals surface area (Å²) in [4.78, 5) is 2.68. The van der Waals surface area contributed by atoms with E-state index in [9.17, 15) is 0 Å². The Labute approximate surface area is 96.3 Å². The molecule has 78 valence electrons. The van der Waals surface area contributed by atoms with Crippen LogP contribution in [0.1, 0.15) is 12.5 Å². The van der Waals surface area contributed by atoms with Crippen LogP contribution in [-0.2, 0) is 0 Å². The van der Waals surface area contributed by atoms with E-state index in [4.69, 9.17) is 10.3 Å². The minimum Gasteiger partial charge on any atom is -0.493 e. The summed E-state index contributed by atoms with van der Waals surface area (Å²) in [5.41, 5.74) is 9.42. The molecule has 0 saturated carbocycles. The van der Waals surface area contributed by atoms with E-state index in [-0.39, 0.29) is 0 Å². The van der Waals surface area contributed by atoms with Crippen LogP contribution in [0.5, 0.6) is 5.75 Å². The van der Waals surface area contributed by atoms with Crippen molar-refractivity contribution in [3.05, 3.63) is 45.3 Å². The van der Waals surface area contributed by atoms with Gasteiger partial charge in [-0.15, -0.1) is 0 Å². The van der Waals surface area contributed by atoms with Crippen molar-refractivity contribution in [3.8, 4) is 5.75 Å². The van der Waals surface area contributed by atoms with Crippen molar-refractivity contribution in [2.75, 3.05) is 6.61 Å². The normalized spacial score (nSPS) is 9.20. The summed E-state index contributed by atoms with van der Waals surface area (Å²) in [6, 6.07) is 5.41. The van der Waals surface area contributed by atoms with Gasteiger partial charge in [-0.1, -0.05) is 17.8 Å². The lowest BCUT2D eigenvalue weighted by Crippen LogP contribution is -1.92. The van der Waals surface area contributed by atoms with Crippen LogP contribution in [0.4, 0.5) is 0 Å². The lowest BCUT2D eigenvalue weighted by molar-refractivity contribution is 0.338. The van der Waals surface area contributed by atoms with Crippen molar-refractivity contribution in [1.29, 1.82) is 0 Å². The Morgan fingerprint density at radius 3 is 2.93 bits per heavy atom. The Morgan fingerprint density at radius 1 is 1.67 bits per heavy atom. The molecule has 0 fully saturated rings. The lowest BCUT2D eigenvalue weighted by Gasteiger charge is -2.07. The van der Waals surface area contributed by atoms with Gasteiger partial charge < -0.3 is 4.74 Å². The van der Waals surface area contributed by atoms with Gasteiger partial charge in [-0.05, 0) is 46.1 Å². The van der Waals surface area contributed by atoms with E-state index in [1.54, 1.807) is 12.1 Å².